The average molecular weight is 216 g/mol. The Morgan fingerprint density at radius 1 is 1.20 bits per heavy atom. The highest BCUT2D eigenvalue weighted by molar-refractivity contribution is 5.91. The van der Waals surface area contributed by atoms with E-state index in [1.807, 2.05) is 0 Å². The topological polar surface area (TPSA) is 87.6 Å². The van der Waals surface area contributed by atoms with Gasteiger partial charge in [0.15, 0.2) is 0 Å². The minimum atomic E-state index is -0.388. The van der Waals surface area contributed by atoms with Crippen molar-refractivity contribution in [3.63, 3.8) is 0 Å². The molecule has 0 aliphatic carbocycles. The van der Waals surface area contributed by atoms with E-state index in [1.54, 1.807) is 13.0 Å². The van der Waals surface area contributed by atoms with Crippen molar-refractivity contribution >= 4 is 5.91 Å². The number of rotatable bonds is 9. The van der Waals surface area contributed by atoms with Gasteiger partial charge in [-0.1, -0.05) is 6.08 Å². The molecule has 5 nitrogen and oxygen atoms in total. The van der Waals surface area contributed by atoms with Crippen LogP contribution in [0.15, 0.2) is 11.6 Å². The van der Waals surface area contributed by atoms with Gasteiger partial charge >= 0.3 is 0 Å². The Morgan fingerprint density at radius 2 is 1.80 bits per heavy atom. The third-order valence-corrected chi connectivity index (χ3v) is 1.74. The number of ether oxygens (including phenoxy) is 2. The number of hydrogen-bond donors (Lipinski definition) is 2. The van der Waals surface area contributed by atoms with E-state index in [0.717, 1.165) is 0 Å². The molecule has 0 saturated heterocycles. The first-order chi connectivity index (χ1) is 7.18. The molecule has 0 aromatic rings. The van der Waals surface area contributed by atoms with Gasteiger partial charge in [-0.15, -0.1) is 0 Å². The summed E-state index contributed by atoms with van der Waals surface area (Å²) in [6, 6.07) is 0. The van der Waals surface area contributed by atoms with Crippen molar-refractivity contribution in [3.05, 3.63) is 11.6 Å². The summed E-state index contributed by atoms with van der Waals surface area (Å²) in [6.07, 6.45) is 2.45. The largest absolute Gasteiger partial charge is 0.379 e. The maximum atomic E-state index is 10.6. The van der Waals surface area contributed by atoms with Crippen molar-refractivity contribution in [2.75, 3.05) is 33.0 Å². The molecule has 0 atom stereocenters. The zero-order valence-corrected chi connectivity index (χ0v) is 9.20. The van der Waals surface area contributed by atoms with Crippen LogP contribution in [-0.4, -0.2) is 38.9 Å². The predicted molar refractivity (Wildman–Crippen MR) is 58.3 cm³/mol. The summed E-state index contributed by atoms with van der Waals surface area (Å²) in [6.45, 7) is 4.44. The molecule has 1 amide bonds. The minimum Gasteiger partial charge on any atom is -0.379 e. The smallest absolute Gasteiger partial charge is 0.244 e. The molecule has 0 fully saturated rings. The molecule has 0 heterocycles. The van der Waals surface area contributed by atoms with Crippen LogP contribution in [0, 0.1) is 0 Å². The molecule has 15 heavy (non-hydrogen) atoms. The highest BCUT2D eigenvalue weighted by Gasteiger charge is 1.95. The van der Waals surface area contributed by atoms with Gasteiger partial charge in [0, 0.05) is 12.1 Å². The van der Waals surface area contributed by atoms with E-state index >= 15 is 0 Å². The molecule has 0 saturated carbocycles. The highest BCUT2D eigenvalue weighted by Crippen LogP contribution is 1.94. The van der Waals surface area contributed by atoms with Crippen LogP contribution in [-0.2, 0) is 14.3 Å². The number of carbonyl (C=O) groups excluding carboxylic acids is 1. The van der Waals surface area contributed by atoms with E-state index in [-0.39, 0.29) is 5.91 Å². The number of nitrogens with two attached hydrogens (primary N) is 2. The lowest BCUT2D eigenvalue weighted by atomic mass is 10.2. The molecule has 0 spiro atoms. The summed E-state index contributed by atoms with van der Waals surface area (Å²) >= 11 is 0. The van der Waals surface area contributed by atoms with Crippen molar-refractivity contribution in [1.82, 2.24) is 0 Å². The molecule has 0 aliphatic rings. The molecule has 0 aliphatic heterocycles. The van der Waals surface area contributed by atoms with E-state index in [2.05, 4.69) is 0 Å². The Morgan fingerprint density at radius 3 is 2.33 bits per heavy atom. The zero-order valence-electron chi connectivity index (χ0n) is 9.20. The second-order valence-electron chi connectivity index (χ2n) is 3.05. The molecular formula is C10H20N2O3. The van der Waals surface area contributed by atoms with Crippen LogP contribution in [0.4, 0.5) is 0 Å². The Hall–Kier alpha value is -0.910. The molecule has 0 aromatic heterocycles. The molecule has 4 N–H and O–H groups in total. The maximum Gasteiger partial charge on any atom is 0.244 e. The predicted octanol–water partition coefficient (Wildman–Crippen LogP) is -0.200. The van der Waals surface area contributed by atoms with Crippen LogP contribution in [0.1, 0.15) is 13.3 Å². The molecule has 0 rings (SSSR count). The van der Waals surface area contributed by atoms with Gasteiger partial charge in [-0.2, -0.15) is 0 Å². The number of amides is 1. The van der Waals surface area contributed by atoms with E-state index in [0.29, 0.717) is 45.0 Å². The second kappa shape index (κ2) is 9.64. The first kappa shape index (κ1) is 14.1. The second-order valence-corrected chi connectivity index (χ2v) is 3.05. The van der Waals surface area contributed by atoms with E-state index < -0.39 is 0 Å². The number of carbonyl (C=O) groups is 1. The van der Waals surface area contributed by atoms with Gasteiger partial charge in [-0.05, 0) is 13.3 Å². The molecule has 5 heteroatoms. The molecule has 0 aromatic carbocycles. The van der Waals surface area contributed by atoms with Crippen LogP contribution >= 0.6 is 0 Å². The van der Waals surface area contributed by atoms with Gasteiger partial charge < -0.3 is 20.9 Å². The van der Waals surface area contributed by atoms with E-state index in [1.165, 1.54) is 0 Å². The van der Waals surface area contributed by atoms with Crippen molar-refractivity contribution in [3.8, 4) is 0 Å². The number of hydrogen-bond acceptors (Lipinski definition) is 4. The summed E-state index contributed by atoms with van der Waals surface area (Å²) in [4.78, 5) is 10.6. The molecule has 0 radical (unpaired) electrons. The fourth-order valence-corrected chi connectivity index (χ4v) is 0.865. The van der Waals surface area contributed by atoms with E-state index in [4.69, 9.17) is 20.9 Å². The first-order valence-corrected chi connectivity index (χ1v) is 5.00. The van der Waals surface area contributed by atoms with Gasteiger partial charge in [0.05, 0.1) is 26.4 Å². The van der Waals surface area contributed by atoms with Crippen molar-refractivity contribution < 1.29 is 14.3 Å². The maximum absolute atomic E-state index is 10.6. The fourth-order valence-electron chi connectivity index (χ4n) is 0.865. The minimum absolute atomic E-state index is 0.388. The molecular weight excluding hydrogens is 196 g/mol. The van der Waals surface area contributed by atoms with Gasteiger partial charge in [0.1, 0.15) is 0 Å². The monoisotopic (exact) mass is 216 g/mol. The summed E-state index contributed by atoms with van der Waals surface area (Å²) in [5.41, 5.74) is 10.9. The van der Waals surface area contributed by atoms with Gasteiger partial charge in [-0.25, -0.2) is 0 Å². The van der Waals surface area contributed by atoms with Crippen LogP contribution in [0.25, 0.3) is 0 Å². The zero-order chi connectivity index (χ0) is 11.5. The van der Waals surface area contributed by atoms with Crippen LogP contribution in [0.3, 0.4) is 0 Å². The fraction of sp³-hybridized carbons (Fsp3) is 0.700. The van der Waals surface area contributed by atoms with Crippen LogP contribution in [0.5, 0.6) is 0 Å². The number of primary amides is 1. The van der Waals surface area contributed by atoms with Crippen LogP contribution < -0.4 is 11.5 Å². The SMILES string of the molecule is CC(=CCCOCCOCCN)C(N)=O. The third-order valence-electron chi connectivity index (χ3n) is 1.74. The summed E-state index contributed by atoms with van der Waals surface area (Å²) in [5.74, 6) is -0.388. The van der Waals surface area contributed by atoms with Crippen molar-refractivity contribution in [2.24, 2.45) is 11.5 Å². The summed E-state index contributed by atoms with van der Waals surface area (Å²) < 4.78 is 10.4. The highest BCUT2D eigenvalue weighted by atomic mass is 16.5. The quantitative estimate of drug-likeness (QED) is 0.413. The Kier molecular flexibility index (Phi) is 9.05. The Bertz CT molecular complexity index is 205. The lowest BCUT2D eigenvalue weighted by molar-refractivity contribution is -0.114. The van der Waals surface area contributed by atoms with Crippen molar-refractivity contribution in [2.45, 2.75) is 13.3 Å². The molecule has 0 unspecified atom stereocenters. The lowest BCUT2D eigenvalue weighted by Crippen LogP contribution is -2.13. The molecule has 88 valence electrons. The van der Waals surface area contributed by atoms with Crippen LogP contribution in [0.2, 0.25) is 0 Å². The summed E-state index contributed by atoms with van der Waals surface area (Å²) in [5, 5.41) is 0. The first-order valence-electron chi connectivity index (χ1n) is 5.00. The van der Waals surface area contributed by atoms with Gasteiger partial charge in [-0.3, -0.25) is 4.79 Å². The van der Waals surface area contributed by atoms with Gasteiger partial charge in [0.25, 0.3) is 0 Å². The Labute approximate surface area is 90.4 Å². The summed E-state index contributed by atoms with van der Waals surface area (Å²) in [7, 11) is 0. The van der Waals surface area contributed by atoms with Gasteiger partial charge in [0.2, 0.25) is 5.91 Å². The lowest BCUT2D eigenvalue weighted by Gasteiger charge is -2.03. The Balaban J connectivity index is 3.25. The standard InChI is InChI=1S/C10H20N2O3/c1-9(10(12)13)3-2-5-14-7-8-15-6-4-11/h3H,2,4-8,11H2,1H3,(H2,12,13). The van der Waals surface area contributed by atoms with Crippen molar-refractivity contribution in [1.29, 1.82) is 0 Å². The van der Waals surface area contributed by atoms with E-state index in [9.17, 15) is 4.79 Å². The third kappa shape index (κ3) is 9.40. The normalized spacial score (nSPS) is 11.7. The molecule has 0 bridgehead atoms. The average Bonchev–Trinajstić information content (AvgIpc) is 2.21.